The van der Waals surface area contributed by atoms with Crippen LogP contribution in [0.15, 0.2) is 36.5 Å². The molecule has 1 aromatic heterocycles. The first-order valence-electron chi connectivity index (χ1n) is 7.35. The zero-order valence-electron chi connectivity index (χ0n) is 11.7. The number of rotatable bonds is 2. The van der Waals surface area contributed by atoms with Gasteiger partial charge in [-0.1, -0.05) is 31.0 Å². The van der Waals surface area contributed by atoms with E-state index in [0.29, 0.717) is 0 Å². The summed E-state index contributed by atoms with van der Waals surface area (Å²) in [4.78, 5) is 4.46. The highest BCUT2D eigenvalue weighted by Gasteiger charge is 2.25. The molecule has 3 rings (SSSR count). The molecule has 0 saturated carbocycles. The van der Waals surface area contributed by atoms with E-state index in [1.165, 1.54) is 36.6 Å². The number of benzene rings is 1. The SMILES string of the molecule is CC1(Cc2ccnc3ccccc23)CCCCCN1. The number of fused-ring (bicyclic) bond motifs is 1. The van der Waals surface area contributed by atoms with E-state index in [9.17, 15) is 0 Å². The van der Waals surface area contributed by atoms with Gasteiger partial charge in [-0.05, 0) is 50.4 Å². The van der Waals surface area contributed by atoms with E-state index in [-0.39, 0.29) is 5.54 Å². The molecule has 2 heteroatoms. The normalized spacial score (nSPS) is 24.3. The van der Waals surface area contributed by atoms with Crippen LogP contribution in [0.3, 0.4) is 0 Å². The molecule has 1 fully saturated rings. The molecular weight excluding hydrogens is 232 g/mol. The molecule has 1 saturated heterocycles. The van der Waals surface area contributed by atoms with Gasteiger partial charge in [0, 0.05) is 17.1 Å². The summed E-state index contributed by atoms with van der Waals surface area (Å²) in [6, 6.07) is 10.6. The Balaban J connectivity index is 1.92. The molecule has 2 nitrogen and oxygen atoms in total. The van der Waals surface area contributed by atoms with E-state index >= 15 is 0 Å². The van der Waals surface area contributed by atoms with Crippen LogP contribution in [0.4, 0.5) is 0 Å². The highest BCUT2D eigenvalue weighted by atomic mass is 15.0. The molecule has 0 amide bonds. The fraction of sp³-hybridized carbons (Fsp3) is 0.471. The van der Waals surface area contributed by atoms with Crippen LogP contribution in [0.2, 0.25) is 0 Å². The van der Waals surface area contributed by atoms with Crippen molar-refractivity contribution in [1.82, 2.24) is 10.3 Å². The van der Waals surface area contributed by atoms with Gasteiger partial charge < -0.3 is 5.32 Å². The summed E-state index contributed by atoms with van der Waals surface area (Å²) < 4.78 is 0. The first kappa shape index (κ1) is 12.6. The van der Waals surface area contributed by atoms with E-state index in [1.54, 1.807) is 0 Å². The lowest BCUT2D eigenvalue weighted by atomic mass is 9.87. The van der Waals surface area contributed by atoms with Gasteiger partial charge in [0.15, 0.2) is 0 Å². The van der Waals surface area contributed by atoms with Crippen molar-refractivity contribution in [3.8, 4) is 0 Å². The van der Waals surface area contributed by atoms with Gasteiger partial charge in [-0.25, -0.2) is 0 Å². The maximum atomic E-state index is 4.46. The van der Waals surface area contributed by atoms with Gasteiger partial charge in [-0.15, -0.1) is 0 Å². The Kier molecular flexibility index (Phi) is 3.52. The minimum absolute atomic E-state index is 0.237. The molecule has 100 valence electrons. The largest absolute Gasteiger partial charge is 0.311 e. The van der Waals surface area contributed by atoms with E-state index in [4.69, 9.17) is 0 Å². The second kappa shape index (κ2) is 5.30. The monoisotopic (exact) mass is 254 g/mol. The highest BCUT2D eigenvalue weighted by molar-refractivity contribution is 5.81. The van der Waals surface area contributed by atoms with Crippen LogP contribution in [0.25, 0.3) is 10.9 Å². The minimum atomic E-state index is 0.237. The fourth-order valence-electron chi connectivity index (χ4n) is 3.18. The number of nitrogens with zero attached hydrogens (tertiary/aromatic N) is 1. The quantitative estimate of drug-likeness (QED) is 0.884. The summed E-state index contributed by atoms with van der Waals surface area (Å²) in [6.07, 6.45) is 8.32. The zero-order chi connectivity index (χ0) is 13.1. The summed E-state index contributed by atoms with van der Waals surface area (Å²) >= 11 is 0. The average molecular weight is 254 g/mol. The summed E-state index contributed by atoms with van der Waals surface area (Å²) in [5.41, 5.74) is 2.76. The van der Waals surface area contributed by atoms with Crippen molar-refractivity contribution in [2.75, 3.05) is 6.54 Å². The van der Waals surface area contributed by atoms with E-state index in [0.717, 1.165) is 18.5 Å². The van der Waals surface area contributed by atoms with Crippen molar-refractivity contribution in [1.29, 1.82) is 0 Å². The van der Waals surface area contributed by atoms with Crippen molar-refractivity contribution in [2.24, 2.45) is 0 Å². The predicted molar refractivity (Wildman–Crippen MR) is 80.3 cm³/mol. The van der Waals surface area contributed by atoms with E-state index in [1.807, 2.05) is 6.20 Å². The molecule has 1 unspecified atom stereocenters. The molecule has 1 N–H and O–H groups in total. The lowest BCUT2D eigenvalue weighted by Crippen LogP contribution is -2.43. The van der Waals surface area contributed by atoms with Crippen LogP contribution in [-0.2, 0) is 6.42 Å². The Morgan fingerprint density at radius 2 is 2.05 bits per heavy atom. The molecule has 1 atom stereocenters. The number of pyridine rings is 1. The van der Waals surface area contributed by atoms with Crippen LogP contribution in [-0.4, -0.2) is 17.1 Å². The lowest BCUT2D eigenvalue weighted by Gasteiger charge is -2.30. The van der Waals surface area contributed by atoms with Gasteiger partial charge in [0.1, 0.15) is 0 Å². The summed E-state index contributed by atoms with van der Waals surface area (Å²) in [7, 11) is 0. The number of hydrogen-bond donors (Lipinski definition) is 1. The fourth-order valence-corrected chi connectivity index (χ4v) is 3.18. The topological polar surface area (TPSA) is 24.9 Å². The minimum Gasteiger partial charge on any atom is -0.311 e. The van der Waals surface area contributed by atoms with Crippen molar-refractivity contribution in [3.05, 3.63) is 42.1 Å². The van der Waals surface area contributed by atoms with Gasteiger partial charge in [0.05, 0.1) is 5.52 Å². The molecule has 0 spiro atoms. The summed E-state index contributed by atoms with van der Waals surface area (Å²) in [5.74, 6) is 0. The maximum Gasteiger partial charge on any atom is 0.0704 e. The van der Waals surface area contributed by atoms with Crippen LogP contribution in [0, 0.1) is 0 Å². The third-order valence-electron chi connectivity index (χ3n) is 4.28. The molecule has 19 heavy (non-hydrogen) atoms. The van der Waals surface area contributed by atoms with Crippen molar-refractivity contribution < 1.29 is 0 Å². The Labute approximate surface area is 115 Å². The Hall–Kier alpha value is -1.41. The maximum absolute atomic E-state index is 4.46. The van der Waals surface area contributed by atoms with Crippen molar-refractivity contribution in [2.45, 2.75) is 44.6 Å². The van der Waals surface area contributed by atoms with Crippen LogP contribution in [0.5, 0.6) is 0 Å². The molecule has 2 aromatic rings. The molecular formula is C17H22N2. The van der Waals surface area contributed by atoms with E-state index < -0.39 is 0 Å². The van der Waals surface area contributed by atoms with Crippen LogP contribution < -0.4 is 5.32 Å². The second-order valence-corrected chi connectivity index (χ2v) is 5.96. The van der Waals surface area contributed by atoms with Gasteiger partial charge in [0.25, 0.3) is 0 Å². The highest BCUT2D eigenvalue weighted by Crippen LogP contribution is 2.26. The Bertz CT molecular complexity index is 549. The number of nitrogens with one attached hydrogen (secondary N) is 1. The molecule has 0 aliphatic carbocycles. The summed E-state index contributed by atoms with van der Waals surface area (Å²) in [5, 5.41) is 5.05. The lowest BCUT2D eigenvalue weighted by molar-refractivity contribution is 0.346. The predicted octanol–water partition coefficient (Wildman–Crippen LogP) is 3.70. The third kappa shape index (κ3) is 2.79. The van der Waals surface area contributed by atoms with Crippen molar-refractivity contribution >= 4 is 10.9 Å². The van der Waals surface area contributed by atoms with Gasteiger partial charge in [0.2, 0.25) is 0 Å². The molecule has 1 aliphatic rings. The number of hydrogen-bond acceptors (Lipinski definition) is 2. The molecule has 0 bridgehead atoms. The smallest absolute Gasteiger partial charge is 0.0704 e. The molecule has 1 aliphatic heterocycles. The van der Waals surface area contributed by atoms with E-state index in [2.05, 4.69) is 47.6 Å². The zero-order valence-corrected chi connectivity index (χ0v) is 11.7. The van der Waals surface area contributed by atoms with Crippen molar-refractivity contribution in [3.63, 3.8) is 0 Å². The number of aromatic nitrogens is 1. The average Bonchev–Trinajstić information content (AvgIpc) is 2.64. The molecule has 2 heterocycles. The van der Waals surface area contributed by atoms with Crippen LogP contribution >= 0.6 is 0 Å². The third-order valence-corrected chi connectivity index (χ3v) is 4.28. The Morgan fingerprint density at radius 1 is 1.16 bits per heavy atom. The van der Waals surface area contributed by atoms with Gasteiger partial charge >= 0.3 is 0 Å². The standard InChI is InChI=1S/C17H22N2/c1-17(10-5-2-6-11-19-17)13-14-9-12-18-16-8-4-3-7-15(14)16/h3-4,7-9,12,19H,2,5-6,10-11,13H2,1H3. The first-order chi connectivity index (χ1) is 9.27. The second-order valence-electron chi connectivity index (χ2n) is 5.96. The Morgan fingerprint density at radius 3 is 3.00 bits per heavy atom. The molecule has 1 aromatic carbocycles. The van der Waals surface area contributed by atoms with Gasteiger partial charge in [-0.2, -0.15) is 0 Å². The number of para-hydroxylation sites is 1. The summed E-state index contributed by atoms with van der Waals surface area (Å²) in [6.45, 7) is 3.52. The van der Waals surface area contributed by atoms with Gasteiger partial charge in [-0.3, -0.25) is 4.98 Å². The first-order valence-corrected chi connectivity index (χ1v) is 7.35. The van der Waals surface area contributed by atoms with Crippen LogP contribution in [0.1, 0.15) is 38.2 Å². The molecule has 0 radical (unpaired) electrons.